The molecule has 8 nitrogen and oxygen atoms in total. The first kappa shape index (κ1) is 25.4. The molecule has 9 heteroatoms. The van der Waals surface area contributed by atoms with Gasteiger partial charge in [0.05, 0.1) is 28.1 Å². The predicted molar refractivity (Wildman–Crippen MR) is 142 cm³/mol. The van der Waals surface area contributed by atoms with Crippen LogP contribution < -0.4 is 5.32 Å². The summed E-state index contributed by atoms with van der Waals surface area (Å²) < 4.78 is 24.1. The van der Waals surface area contributed by atoms with Gasteiger partial charge in [-0.25, -0.2) is 13.2 Å². The molecule has 37 heavy (non-hydrogen) atoms. The Morgan fingerprint density at radius 3 is 2.24 bits per heavy atom. The summed E-state index contributed by atoms with van der Waals surface area (Å²) in [6.45, 7) is 7.33. The van der Waals surface area contributed by atoms with Gasteiger partial charge in [-0.3, -0.25) is 0 Å². The molecule has 2 unspecified atom stereocenters. The molecule has 196 valence electrons. The number of carbonyl (C=O) groups excluding carboxylic acids is 1. The third kappa shape index (κ3) is 5.42. The lowest BCUT2D eigenvalue weighted by Gasteiger charge is -2.17. The molecule has 0 spiro atoms. The lowest BCUT2D eigenvalue weighted by molar-refractivity contribution is 0.207. The Kier molecular flexibility index (Phi) is 7.07. The quantitative estimate of drug-likeness (QED) is 0.466. The van der Waals surface area contributed by atoms with Crippen LogP contribution in [0.4, 0.5) is 4.79 Å². The molecule has 2 aromatic carbocycles. The number of aromatic nitrogens is 3. The highest BCUT2D eigenvalue weighted by Gasteiger charge is 2.42. The van der Waals surface area contributed by atoms with E-state index in [2.05, 4.69) is 31.3 Å². The van der Waals surface area contributed by atoms with E-state index in [1.807, 2.05) is 27.9 Å². The minimum absolute atomic E-state index is 0.0647. The van der Waals surface area contributed by atoms with Crippen molar-refractivity contribution in [3.63, 3.8) is 0 Å². The van der Waals surface area contributed by atoms with Crippen LogP contribution in [0.1, 0.15) is 79.9 Å². The molecule has 2 amide bonds. The summed E-state index contributed by atoms with van der Waals surface area (Å²) in [5.74, 6) is 0.756. The molecular weight excluding hydrogens is 486 g/mol. The molecule has 5 rings (SSSR count). The molecule has 2 fully saturated rings. The topological polar surface area (TPSA) is 97.2 Å². The molecule has 0 radical (unpaired) electrons. The van der Waals surface area contributed by atoms with Gasteiger partial charge in [0.1, 0.15) is 0 Å². The van der Waals surface area contributed by atoms with E-state index in [-0.39, 0.29) is 29.7 Å². The van der Waals surface area contributed by atoms with Crippen LogP contribution in [0, 0.1) is 0 Å². The van der Waals surface area contributed by atoms with E-state index in [1.54, 1.807) is 31.2 Å². The van der Waals surface area contributed by atoms with Gasteiger partial charge in [0.25, 0.3) is 0 Å². The zero-order chi connectivity index (χ0) is 26.2. The monoisotopic (exact) mass is 521 g/mol. The summed E-state index contributed by atoms with van der Waals surface area (Å²) >= 11 is 0. The lowest BCUT2D eigenvalue weighted by Crippen LogP contribution is -2.38. The average Bonchev–Trinajstić information content (AvgIpc) is 3.49. The second-order valence-electron chi connectivity index (χ2n) is 10.4. The molecule has 1 aromatic heterocycles. The Bertz CT molecular complexity index is 1350. The van der Waals surface area contributed by atoms with Crippen LogP contribution >= 0.6 is 0 Å². The van der Waals surface area contributed by atoms with Crippen LogP contribution in [-0.4, -0.2) is 53.2 Å². The summed E-state index contributed by atoms with van der Waals surface area (Å²) in [6, 6.07) is 17.2. The van der Waals surface area contributed by atoms with Crippen LogP contribution in [0.5, 0.6) is 0 Å². The van der Waals surface area contributed by atoms with Gasteiger partial charge >= 0.3 is 6.03 Å². The molecule has 3 aromatic rings. The van der Waals surface area contributed by atoms with E-state index in [4.69, 9.17) is 10.2 Å². The minimum Gasteiger partial charge on any atom is -0.334 e. The van der Waals surface area contributed by atoms with E-state index in [0.29, 0.717) is 30.4 Å². The van der Waals surface area contributed by atoms with Gasteiger partial charge in [-0.1, -0.05) is 49.4 Å². The Labute approximate surface area is 219 Å². The molecule has 1 aliphatic heterocycles. The SMILES string of the molecule is CCS(=O)(=O)c1ccc(CNC(=O)N2CC(c3ccccc3)C(c3nn(C(C)C)nc3C3CC3)C2)cc1. The Morgan fingerprint density at radius 2 is 1.62 bits per heavy atom. The Morgan fingerprint density at radius 1 is 0.973 bits per heavy atom. The van der Waals surface area contributed by atoms with Crippen molar-refractivity contribution in [2.45, 2.75) is 68.8 Å². The van der Waals surface area contributed by atoms with E-state index >= 15 is 0 Å². The van der Waals surface area contributed by atoms with E-state index < -0.39 is 9.84 Å². The van der Waals surface area contributed by atoms with Gasteiger partial charge < -0.3 is 10.2 Å². The molecule has 1 saturated heterocycles. The highest BCUT2D eigenvalue weighted by molar-refractivity contribution is 7.91. The normalized spacial score (nSPS) is 19.9. The molecule has 0 bridgehead atoms. The van der Waals surface area contributed by atoms with Crippen LogP contribution in [0.25, 0.3) is 0 Å². The summed E-state index contributed by atoms with van der Waals surface area (Å²) in [7, 11) is -3.24. The first-order valence-corrected chi connectivity index (χ1v) is 14.8. The molecule has 1 N–H and O–H groups in total. The number of urea groups is 1. The number of amides is 2. The largest absolute Gasteiger partial charge is 0.334 e. The lowest BCUT2D eigenvalue weighted by atomic mass is 9.85. The van der Waals surface area contributed by atoms with Crippen LogP contribution in [0.2, 0.25) is 0 Å². The maximum absolute atomic E-state index is 13.3. The second kappa shape index (κ2) is 10.3. The number of sulfone groups is 1. The third-order valence-corrected chi connectivity index (χ3v) is 9.15. The van der Waals surface area contributed by atoms with Crippen molar-refractivity contribution in [1.29, 1.82) is 0 Å². The van der Waals surface area contributed by atoms with Crippen molar-refractivity contribution in [3.8, 4) is 0 Å². The number of benzene rings is 2. The maximum atomic E-state index is 13.3. The van der Waals surface area contributed by atoms with Gasteiger partial charge in [0.15, 0.2) is 9.84 Å². The average molecular weight is 522 g/mol. The Balaban J connectivity index is 1.34. The first-order valence-electron chi connectivity index (χ1n) is 13.1. The highest BCUT2D eigenvalue weighted by Crippen LogP contribution is 2.46. The van der Waals surface area contributed by atoms with E-state index in [0.717, 1.165) is 29.8 Å². The Hall–Kier alpha value is -3.20. The van der Waals surface area contributed by atoms with Crippen molar-refractivity contribution < 1.29 is 13.2 Å². The number of nitrogens with zero attached hydrogens (tertiary/aromatic N) is 4. The van der Waals surface area contributed by atoms with E-state index in [1.165, 1.54) is 5.56 Å². The summed E-state index contributed by atoms with van der Waals surface area (Å²) in [5, 5.41) is 12.8. The van der Waals surface area contributed by atoms with Crippen LogP contribution in [0.3, 0.4) is 0 Å². The smallest absolute Gasteiger partial charge is 0.317 e. The van der Waals surface area contributed by atoms with Gasteiger partial charge in [-0.15, -0.1) is 0 Å². The van der Waals surface area contributed by atoms with Crippen molar-refractivity contribution in [2.75, 3.05) is 18.8 Å². The van der Waals surface area contributed by atoms with Crippen molar-refractivity contribution in [2.24, 2.45) is 0 Å². The zero-order valence-electron chi connectivity index (χ0n) is 21.7. The van der Waals surface area contributed by atoms with Gasteiger partial charge in [0, 0.05) is 37.4 Å². The van der Waals surface area contributed by atoms with Gasteiger partial charge in [-0.05, 0) is 49.9 Å². The van der Waals surface area contributed by atoms with Crippen LogP contribution in [0.15, 0.2) is 59.5 Å². The van der Waals surface area contributed by atoms with Crippen molar-refractivity contribution in [1.82, 2.24) is 25.2 Å². The van der Waals surface area contributed by atoms with Gasteiger partial charge in [-0.2, -0.15) is 15.0 Å². The van der Waals surface area contributed by atoms with Crippen molar-refractivity contribution in [3.05, 3.63) is 77.1 Å². The fourth-order valence-electron chi connectivity index (χ4n) is 5.04. The predicted octanol–water partition coefficient (Wildman–Crippen LogP) is 4.62. The standard InChI is InChI=1S/C28H35N5O3S/c1-4-37(35,36)23-14-10-20(11-15-23)16-29-28(34)32-17-24(21-8-6-5-7-9-21)25(18-32)27-26(22-12-13-22)30-33(31-27)19(2)3/h5-11,14-15,19,22,24-25H,4,12-13,16-18H2,1-3H3,(H,29,34). The fraction of sp³-hybridized carbons (Fsp3) is 0.464. The summed E-state index contributed by atoms with van der Waals surface area (Å²) in [4.78, 5) is 17.3. The number of carbonyl (C=O) groups is 1. The number of likely N-dealkylation sites (tertiary alicyclic amines) is 1. The zero-order valence-corrected chi connectivity index (χ0v) is 22.5. The molecule has 1 aliphatic carbocycles. The number of rotatable bonds is 8. The second-order valence-corrected chi connectivity index (χ2v) is 12.7. The third-order valence-electron chi connectivity index (χ3n) is 7.40. The number of hydrogen-bond donors (Lipinski definition) is 1. The van der Waals surface area contributed by atoms with Crippen molar-refractivity contribution >= 4 is 15.9 Å². The van der Waals surface area contributed by atoms with Gasteiger partial charge in [0.2, 0.25) is 0 Å². The fourth-order valence-corrected chi connectivity index (χ4v) is 5.93. The molecular formula is C28H35N5O3S. The molecule has 2 heterocycles. The number of nitrogens with one attached hydrogen (secondary N) is 1. The summed E-state index contributed by atoms with van der Waals surface area (Å²) in [6.07, 6.45) is 2.30. The number of hydrogen-bond acceptors (Lipinski definition) is 5. The minimum atomic E-state index is -3.24. The van der Waals surface area contributed by atoms with Crippen LogP contribution in [-0.2, 0) is 16.4 Å². The van der Waals surface area contributed by atoms with E-state index in [9.17, 15) is 13.2 Å². The maximum Gasteiger partial charge on any atom is 0.317 e. The summed E-state index contributed by atoms with van der Waals surface area (Å²) in [5.41, 5.74) is 4.20. The molecule has 2 aliphatic rings. The molecule has 2 atom stereocenters. The highest BCUT2D eigenvalue weighted by atomic mass is 32.2. The molecule has 1 saturated carbocycles. The first-order chi connectivity index (χ1) is 17.8.